The number of hydrogen-bond acceptors (Lipinski definition) is 6. The first-order chi connectivity index (χ1) is 11.7. The van der Waals surface area contributed by atoms with E-state index in [0.29, 0.717) is 16.9 Å². The zero-order chi connectivity index (χ0) is 17.1. The number of aromatic nitrogens is 3. The largest absolute Gasteiger partial charge is 0.465 e. The van der Waals surface area contributed by atoms with E-state index < -0.39 is 5.97 Å². The molecule has 7 nitrogen and oxygen atoms in total. The van der Waals surface area contributed by atoms with Crippen molar-refractivity contribution in [2.45, 2.75) is 13.0 Å². The van der Waals surface area contributed by atoms with Crippen LogP contribution < -0.4 is 5.32 Å². The van der Waals surface area contributed by atoms with E-state index in [1.54, 1.807) is 10.7 Å². The summed E-state index contributed by atoms with van der Waals surface area (Å²) in [5.41, 5.74) is 2.76. The lowest BCUT2D eigenvalue weighted by Crippen LogP contribution is -2.16. The Balaban J connectivity index is 2.03. The standard InChI is InChI=1S/C17H18N4O3/c1-11-13(17(23)24-2)8-21-15(11)16(18-10-19-21)20-14(9-22)12-6-4-3-5-7-12/h3-8,10,14,22H,9H2,1-2H3,(H,18,19,20)/t14-/m1/s1. The number of methoxy groups -OCH3 is 1. The molecule has 0 saturated heterocycles. The second-order valence-corrected chi connectivity index (χ2v) is 5.35. The molecule has 0 spiro atoms. The van der Waals surface area contributed by atoms with Crippen molar-refractivity contribution in [2.24, 2.45) is 0 Å². The Morgan fingerprint density at radius 2 is 2.12 bits per heavy atom. The average Bonchev–Trinajstić information content (AvgIpc) is 2.97. The Kier molecular flexibility index (Phi) is 4.43. The van der Waals surface area contributed by atoms with Gasteiger partial charge in [-0.3, -0.25) is 0 Å². The lowest BCUT2D eigenvalue weighted by atomic mass is 10.1. The van der Waals surface area contributed by atoms with Crippen LogP contribution in [0, 0.1) is 6.92 Å². The summed E-state index contributed by atoms with van der Waals surface area (Å²) in [5, 5.41) is 17.1. The number of benzene rings is 1. The molecular weight excluding hydrogens is 308 g/mol. The predicted octanol–water partition coefficient (Wildman–Crippen LogP) is 1.97. The summed E-state index contributed by atoms with van der Waals surface area (Å²) in [4.78, 5) is 16.1. The number of aliphatic hydroxyl groups excluding tert-OH is 1. The Labute approximate surface area is 138 Å². The maximum atomic E-state index is 11.9. The molecule has 24 heavy (non-hydrogen) atoms. The van der Waals surface area contributed by atoms with Crippen molar-refractivity contribution < 1.29 is 14.6 Å². The molecule has 0 aliphatic rings. The van der Waals surface area contributed by atoms with E-state index in [1.807, 2.05) is 37.3 Å². The van der Waals surface area contributed by atoms with Gasteiger partial charge >= 0.3 is 5.97 Å². The summed E-state index contributed by atoms with van der Waals surface area (Å²) >= 11 is 0. The van der Waals surface area contributed by atoms with Crippen molar-refractivity contribution in [3.63, 3.8) is 0 Å². The van der Waals surface area contributed by atoms with E-state index in [4.69, 9.17) is 4.74 Å². The van der Waals surface area contributed by atoms with Crippen molar-refractivity contribution in [1.82, 2.24) is 14.6 Å². The van der Waals surface area contributed by atoms with Crippen LogP contribution in [0.5, 0.6) is 0 Å². The minimum atomic E-state index is -0.425. The monoisotopic (exact) mass is 326 g/mol. The number of anilines is 1. The first kappa shape index (κ1) is 15.9. The highest BCUT2D eigenvalue weighted by atomic mass is 16.5. The van der Waals surface area contributed by atoms with Gasteiger partial charge in [-0.1, -0.05) is 30.3 Å². The van der Waals surface area contributed by atoms with Crippen LogP contribution in [-0.2, 0) is 4.74 Å². The molecule has 1 atom stereocenters. The molecule has 0 radical (unpaired) electrons. The Morgan fingerprint density at radius 3 is 2.79 bits per heavy atom. The number of nitrogens with one attached hydrogen (secondary N) is 1. The van der Waals surface area contributed by atoms with Gasteiger partial charge in [0.1, 0.15) is 11.8 Å². The topological polar surface area (TPSA) is 88.8 Å². The molecule has 0 amide bonds. The van der Waals surface area contributed by atoms with E-state index in [0.717, 1.165) is 11.1 Å². The molecule has 7 heteroatoms. The highest BCUT2D eigenvalue weighted by molar-refractivity contribution is 5.95. The van der Waals surface area contributed by atoms with Crippen LogP contribution in [0.25, 0.3) is 5.52 Å². The molecule has 2 heterocycles. The minimum Gasteiger partial charge on any atom is -0.465 e. The van der Waals surface area contributed by atoms with Crippen LogP contribution >= 0.6 is 0 Å². The van der Waals surface area contributed by atoms with Crippen LogP contribution in [0.3, 0.4) is 0 Å². The van der Waals surface area contributed by atoms with E-state index in [-0.39, 0.29) is 12.6 Å². The molecule has 0 aliphatic heterocycles. The summed E-state index contributed by atoms with van der Waals surface area (Å²) in [7, 11) is 1.34. The molecule has 1 aromatic carbocycles. The molecule has 0 aliphatic carbocycles. The zero-order valence-electron chi connectivity index (χ0n) is 13.4. The lowest BCUT2D eigenvalue weighted by molar-refractivity contribution is 0.0600. The molecule has 124 valence electrons. The molecule has 0 fully saturated rings. The number of esters is 1. The molecule has 2 aromatic heterocycles. The van der Waals surface area contributed by atoms with Gasteiger partial charge in [0.2, 0.25) is 0 Å². The smallest absolute Gasteiger partial charge is 0.339 e. The summed E-state index contributed by atoms with van der Waals surface area (Å²) in [6.07, 6.45) is 3.01. The quantitative estimate of drug-likeness (QED) is 0.697. The fourth-order valence-corrected chi connectivity index (χ4v) is 2.67. The fourth-order valence-electron chi connectivity index (χ4n) is 2.67. The number of ether oxygens (including phenoxy) is 1. The van der Waals surface area contributed by atoms with Crippen molar-refractivity contribution >= 4 is 17.3 Å². The molecule has 3 aromatic rings. The van der Waals surface area contributed by atoms with Gasteiger partial charge in [-0.25, -0.2) is 14.3 Å². The second kappa shape index (κ2) is 6.67. The number of rotatable bonds is 5. The Hall–Kier alpha value is -2.93. The number of aliphatic hydroxyl groups is 1. The summed E-state index contributed by atoms with van der Waals surface area (Å²) in [6, 6.07) is 9.27. The number of hydrogen-bond donors (Lipinski definition) is 2. The van der Waals surface area contributed by atoms with E-state index in [1.165, 1.54) is 13.4 Å². The molecule has 3 rings (SSSR count). The fraction of sp³-hybridized carbons (Fsp3) is 0.235. The van der Waals surface area contributed by atoms with E-state index >= 15 is 0 Å². The predicted molar refractivity (Wildman–Crippen MR) is 89.0 cm³/mol. The number of fused-ring (bicyclic) bond motifs is 1. The van der Waals surface area contributed by atoms with Gasteiger partial charge < -0.3 is 15.2 Å². The minimum absolute atomic E-state index is 0.0935. The maximum Gasteiger partial charge on any atom is 0.339 e. The van der Waals surface area contributed by atoms with Crippen LogP contribution in [0.4, 0.5) is 5.82 Å². The summed E-state index contributed by atoms with van der Waals surface area (Å²) in [5.74, 6) is 0.117. The van der Waals surface area contributed by atoms with Crippen LogP contribution in [0.2, 0.25) is 0 Å². The van der Waals surface area contributed by atoms with Crippen molar-refractivity contribution in [1.29, 1.82) is 0 Å². The maximum absolute atomic E-state index is 11.9. The lowest BCUT2D eigenvalue weighted by Gasteiger charge is -2.18. The van der Waals surface area contributed by atoms with Gasteiger partial charge in [-0.05, 0) is 18.1 Å². The molecule has 2 N–H and O–H groups in total. The first-order valence-electron chi connectivity index (χ1n) is 7.49. The third kappa shape index (κ3) is 2.81. The SMILES string of the molecule is COC(=O)c1cn2ncnc(N[C@H](CO)c3ccccc3)c2c1C. The summed E-state index contributed by atoms with van der Waals surface area (Å²) < 4.78 is 6.38. The molecule has 0 bridgehead atoms. The first-order valence-corrected chi connectivity index (χ1v) is 7.49. The van der Waals surface area contributed by atoms with E-state index in [9.17, 15) is 9.90 Å². The number of carbonyl (C=O) groups is 1. The normalized spacial score (nSPS) is 12.1. The van der Waals surface area contributed by atoms with Gasteiger partial charge in [0.25, 0.3) is 0 Å². The number of aryl methyl sites for hydroxylation is 1. The number of carbonyl (C=O) groups excluding carboxylic acids is 1. The van der Waals surface area contributed by atoms with Crippen molar-refractivity contribution in [3.8, 4) is 0 Å². The van der Waals surface area contributed by atoms with E-state index in [2.05, 4.69) is 15.4 Å². The van der Waals surface area contributed by atoms with Gasteiger partial charge in [-0.2, -0.15) is 5.10 Å². The van der Waals surface area contributed by atoms with Gasteiger partial charge in [0, 0.05) is 6.20 Å². The molecular formula is C17H18N4O3. The van der Waals surface area contributed by atoms with Crippen LogP contribution in [0.15, 0.2) is 42.9 Å². The van der Waals surface area contributed by atoms with Gasteiger partial charge in [-0.15, -0.1) is 0 Å². The van der Waals surface area contributed by atoms with Crippen molar-refractivity contribution in [2.75, 3.05) is 19.0 Å². The van der Waals surface area contributed by atoms with Crippen molar-refractivity contribution in [3.05, 3.63) is 59.5 Å². The second-order valence-electron chi connectivity index (χ2n) is 5.35. The highest BCUT2D eigenvalue weighted by Gasteiger charge is 2.20. The third-order valence-electron chi connectivity index (χ3n) is 3.93. The zero-order valence-corrected chi connectivity index (χ0v) is 13.4. The van der Waals surface area contributed by atoms with Crippen LogP contribution in [0.1, 0.15) is 27.5 Å². The Bertz CT molecular complexity index is 861. The average molecular weight is 326 g/mol. The third-order valence-corrected chi connectivity index (χ3v) is 3.93. The molecule has 0 unspecified atom stereocenters. The molecule has 0 saturated carbocycles. The Morgan fingerprint density at radius 1 is 1.38 bits per heavy atom. The summed E-state index contributed by atoms with van der Waals surface area (Å²) in [6.45, 7) is 1.72. The number of nitrogens with zero attached hydrogens (tertiary/aromatic N) is 3. The van der Waals surface area contributed by atoms with Gasteiger partial charge in [0.15, 0.2) is 5.82 Å². The highest BCUT2D eigenvalue weighted by Crippen LogP contribution is 2.26. The van der Waals surface area contributed by atoms with Crippen LogP contribution in [-0.4, -0.2) is 39.4 Å². The van der Waals surface area contributed by atoms with Gasteiger partial charge in [0.05, 0.1) is 25.3 Å².